The van der Waals surface area contributed by atoms with Gasteiger partial charge in [-0.3, -0.25) is 9.69 Å². The highest BCUT2D eigenvalue weighted by atomic mass is 16.5. The number of piperidine rings is 1. The lowest BCUT2D eigenvalue weighted by Crippen LogP contribution is -2.29. The second kappa shape index (κ2) is 8.15. The number of nitrogens with two attached hydrogens (primary N) is 1. The molecule has 2 heterocycles. The highest BCUT2D eigenvalue weighted by Crippen LogP contribution is 2.29. The van der Waals surface area contributed by atoms with Crippen molar-refractivity contribution in [2.24, 2.45) is 4.99 Å². The van der Waals surface area contributed by atoms with Crippen molar-refractivity contribution < 1.29 is 9.53 Å². The average Bonchev–Trinajstić information content (AvgIpc) is 3.05. The molecule has 146 valence electrons. The molecule has 1 fully saturated rings. The Morgan fingerprint density at radius 2 is 1.93 bits per heavy atom. The molecule has 0 radical (unpaired) electrons. The van der Waals surface area contributed by atoms with E-state index in [1.807, 2.05) is 19.1 Å². The number of likely N-dealkylation sites (tertiary alicyclic amines) is 1. The van der Waals surface area contributed by atoms with Crippen LogP contribution in [0.25, 0.3) is 0 Å². The Morgan fingerprint density at radius 1 is 1.14 bits per heavy atom. The summed E-state index contributed by atoms with van der Waals surface area (Å²) in [6, 6.07) is 13.6. The predicted octanol–water partition coefficient (Wildman–Crippen LogP) is 4.06. The van der Waals surface area contributed by atoms with E-state index in [0.29, 0.717) is 23.4 Å². The van der Waals surface area contributed by atoms with Gasteiger partial charge >= 0.3 is 0 Å². The van der Waals surface area contributed by atoms with E-state index < -0.39 is 0 Å². The highest BCUT2D eigenvalue weighted by Gasteiger charge is 2.31. The van der Waals surface area contributed by atoms with Crippen molar-refractivity contribution in [3.05, 3.63) is 59.2 Å². The third-order valence-electron chi connectivity index (χ3n) is 5.51. The van der Waals surface area contributed by atoms with Gasteiger partial charge in [0.25, 0.3) is 5.91 Å². The molecule has 0 bridgehead atoms. The molecule has 2 aromatic carbocycles. The van der Waals surface area contributed by atoms with E-state index in [1.54, 1.807) is 18.2 Å². The molecule has 2 aliphatic heterocycles. The smallest absolute Gasteiger partial charge is 0.278 e. The maximum absolute atomic E-state index is 12.3. The lowest BCUT2D eigenvalue weighted by molar-refractivity contribution is 0.101. The molecular formula is C23H27N3O2. The fourth-order valence-corrected chi connectivity index (χ4v) is 4.08. The molecule has 0 aromatic heterocycles. The minimum absolute atomic E-state index is 0.238. The van der Waals surface area contributed by atoms with Gasteiger partial charge < -0.3 is 10.5 Å². The summed E-state index contributed by atoms with van der Waals surface area (Å²) in [6.45, 7) is 5.31. The second-order valence-electron chi connectivity index (χ2n) is 7.57. The maximum Gasteiger partial charge on any atom is 0.278 e. The normalized spacial score (nSPS) is 17.9. The van der Waals surface area contributed by atoms with Crippen LogP contribution >= 0.6 is 0 Å². The molecule has 1 saturated heterocycles. The van der Waals surface area contributed by atoms with Gasteiger partial charge in [-0.05, 0) is 62.2 Å². The van der Waals surface area contributed by atoms with Crippen LogP contribution in [0.4, 0.5) is 5.69 Å². The van der Waals surface area contributed by atoms with Gasteiger partial charge in [-0.2, -0.15) is 0 Å². The van der Waals surface area contributed by atoms with Crippen molar-refractivity contribution in [1.82, 2.24) is 4.90 Å². The Bertz CT molecular complexity index is 900. The zero-order chi connectivity index (χ0) is 19.5. The van der Waals surface area contributed by atoms with Crippen molar-refractivity contribution in [1.29, 1.82) is 0 Å². The number of carbonyl (C=O) groups excluding carboxylic acids is 1. The lowest BCUT2D eigenvalue weighted by Gasteiger charge is -2.26. The van der Waals surface area contributed by atoms with Crippen LogP contribution in [0.5, 0.6) is 5.75 Å². The number of nitrogen functional groups attached to an aromatic ring is 1. The van der Waals surface area contributed by atoms with E-state index in [-0.39, 0.29) is 12.0 Å². The van der Waals surface area contributed by atoms with E-state index in [0.717, 1.165) is 30.9 Å². The number of hydrogen-bond donors (Lipinski definition) is 1. The van der Waals surface area contributed by atoms with Gasteiger partial charge in [0.1, 0.15) is 11.9 Å². The molecule has 5 heteroatoms. The number of rotatable bonds is 6. The highest BCUT2D eigenvalue weighted by molar-refractivity contribution is 6.25. The first-order valence-electron chi connectivity index (χ1n) is 10.2. The Labute approximate surface area is 166 Å². The van der Waals surface area contributed by atoms with E-state index in [4.69, 9.17) is 10.5 Å². The summed E-state index contributed by atoms with van der Waals surface area (Å²) in [5, 5.41) is 0. The first-order chi connectivity index (χ1) is 13.7. The molecular weight excluding hydrogens is 350 g/mol. The zero-order valence-corrected chi connectivity index (χ0v) is 16.4. The monoisotopic (exact) mass is 377 g/mol. The largest absolute Gasteiger partial charge is 0.484 e. The van der Waals surface area contributed by atoms with Crippen LogP contribution in [0.2, 0.25) is 0 Å². The quantitative estimate of drug-likeness (QED) is 0.771. The van der Waals surface area contributed by atoms with Crippen molar-refractivity contribution >= 4 is 17.3 Å². The second-order valence-corrected chi connectivity index (χ2v) is 7.57. The van der Waals surface area contributed by atoms with Crippen molar-refractivity contribution in [2.75, 3.05) is 18.8 Å². The van der Waals surface area contributed by atoms with Crippen LogP contribution in [0, 0.1) is 0 Å². The third kappa shape index (κ3) is 3.80. The van der Waals surface area contributed by atoms with Crippen LogP contribution in [0.3, 0.4) is 0 Å². The number of fused-ring (bicyclic) bond motifs is 1. The molecule has 0 saturated carbocycles. The Hall–Kier alpha value is -2.66. The summed E-state index contributed by atoms with van der Waals surface area (Å²) in [5.41, 5.74) is 9.90. The number of benzene rings is 2. The Morgan fingerprint density at radius 3 is 2.71 bits per heavy atom. The van der Waals surface area contributed by atoms with Gasteiger partial charge in [-0.1, -0.05) is 31.5 Å². The number of amides is 1. The summed E-state index contributed by atoms with van der Waals surface area (Å²) >= 11 is 0. The molecule has 0 aliphatic carbocycles. The van der Waals surface area contributed by atoms with Crippen LogP contribution < -0.4 is 10.5 Å². The summed E-state index contributed by atoms with van der Waals surface area (Å²) in [4.78, 5) is 19.0. The van der Waals surface area contributed by atoms with E-state index in [9.17, 15) is 4.79 Å². The van der Waals surface area contributed by atoms with Gasteiger partial charge in [0.05, 0.1) is 11.3 Å². The van der Waals surface area contributed by atoms with E-state index in [1.165, 1.54) is 24.8 Å². The molecule has 1 atom stereocenters. The number of ether oxygens (including phenoxy) is 1. The van der Waals surface area contributed by atoms with Crippen molar-refractivity contribution in [3.63, 3.8) is 0 Å². The molecule has 5 nitrogen and oxygen atoms in total. The van der Waals surface area contributed by atoms with Crippen molar-refractivity contribution in [3.8, 4) is 5.75 Å². The summed E-state index contributed by atoms with van der Waals surface area (Å²) in [6.07, 6.45) is 4.30. The molecule has 2 N–H and O–H groups in total. The SMILES string of the molecule is CCC(Oc1cccc(CN2CCCCC2)c1)C1=NC(=O)c2cccc(N)c21. The minimum atomic E-state index is -0.305. The summed E-state index contributed by atoms with van der Waals surface area (Å²) in [7, 11) is 0. The predicted molar refractivity (Wildman–Crippen MR) is 112 cm³/mol. The molecule has 28 heavy (non-hydrogen) atoms. The third-order valence-corrected chi connectivity index (χ3v) is 5.51. The number of nitrogens with zero attached hydrogens (tertiary/aromatic N) is 2. The van der Waals surface area contributed by atoms with Gasteiger partial charge in [-0.25, -0.2) is 4.99 Å². The first kappa shape index (κ1) is 18.7. The van der Waals surface area contributed by atoms with Crippen LogP contribution in [0.1, 0.15) is 54.1 Å². The molecule has 2 aliphatic rings. The number of anilines is 1. The summed E-state index contributed by atoms with van der Waals surface area (Å²) in [5.74, 6) is 0.567. The van der Waals surface area contributed by atoms with Crippen LogP contribution in [-0.2, 0) is 6.54 Å². The molecule has 0 spiro atoms. The fraction of sp³-hybridized carbons (Fsp3) is 0.391. The minimum Gasteiger partial charge on any atom is -0.484 e. The molecule has 2 aromatic rings. The Kier molecular flexibility index (Phi) is 5.44. The maximum atomic E-state index is 12.3. The summed E-state index contributed by atoms with van der Waals surface area (Å²) < 4.78 is 6.28. The van der Waals surface area contributed by atoms with E-state index in [2.05, 4.69) is 22.0 Å². The number of aliphatic imine (C=N–C) groups is 1. The number of carbonyl (C=O) groups is 1. The van der Waals surface area contributed by atoms with Gasteiger partial charge in [0, 0.05) is 17.8 Å². The Balaban J connectivity index is 1.53. The van der Waals surface area contributed by atoms with Crippen LogP contribution in [0.15, 0.2) is 47.5 Å². The van der Waals surface area contributed by atoms with Gasteiger partial charge in [0.2, 0.25) is 0 Å². The molecule has 4 rings (SSSR count). The van der Waals surface area contributed by atoms with Crippen molar-refractivity contribution in [2.45, 2.75) is 45.3 Å². The average molecular weight is 377 g/mol. The van der Waals surface area contributed by atoms with E-state index >= 15 is 0 Å². The zero-order valence-electron chi connectivity index (χ0n) is 16.4. The lowest BCUT2D eigenvalue weighted by atomic mass is 9.99. The first-order valence-corrected chi connectivity index (χ1v) is 10.2. The van der Waals surface area contributed by atoms with Gasteiger partial charge in [0.15, 0.2) is 0 Å². The van der Waals surface area contributed by atoms with Crippen LogP contribution in [-0.4, -0.2) is 35.7 Å². The fourth-order valence-electron chi connectivity index (χ4n) is 4.08. The van der Waals surface area contributed by atoms with Gasteiger partial charge in [-0.15, -0.1) is 0 Å². The standard InChI is InChI=1S/C23H27N3O2/c1-2-20(22-21-18(23(27)25-22)10-7-11-19(21)24)28-17-9-6-8-16(14-17)15-26-12-4-3-5-13-26/h6-11,14,20H,2-5,12-13,15,24H2,1H3. The molecule has 1 unspecified atom stereocenters. The molecule has 1 amide bonds. The topological polar surface area (TPSA) is 67.9 Å². The number of hydrogen-bond acceptors (Lipinski definition) is 4.